The number of hydrogen-bond donors (Lipinski definition) is 1. The number of alkyl carbamates (subject to hydrolysis) is 1. The van der Waals surface area contributed by atoms with Crippen LogP contribution in [0, 0.1) is 19.8 Å². The van der Waals surface area contributed by atoms with Gasteiger partial charge in [-0.15, -0.1) is 0 Å². The molecule has 1 fully saturated rings. The first-order valence-corrected chi connectivity index (χ1v) is 9.32. The van der Waals surface area contributed by atoms with Gasteiger partial charge < -0.3 is 19.5 Å². The first-order chi connectivity index (χ1) is 12.2. The Morgan fingerprint density at radius 3 is 2.69 bits per heavy atom. The van der Waals surface area contributed by atoms with Crippen LogP contribution in [0.4, 0.5) is 4.79 Å². The van der Waals surface area contributed by atoms with Crippen molar-refractivity contribution in [3.8, 4) is 0 Å². The highest BCUT2D eigenvalue weighted by Crippen LogP contribution is 2.19. The van der Waals surface area contributed by atoms with Crippen LogP contribution in [-0.2, 0) is 16.0 Å². The Kier molecular flexibility index (Phi) is 6.67. The molecule has 1 N–H and O–H groups in total. The molecule has 2 heterocycles. The number of nitrogens with zero attached hydrogens (tertiary/aromatic N) is 2. The predicted molar refractivity (Wildman–Crippen MR) is 97.8 cm³/mol. The van der Waals surface area contributed by atoms with E-state index in [4.69, 9.17) is 9.26 Å². The summed E-state index contributed by atoms with van der Waals surface area (Å²) < 4.78 is 10.4. The van der Waals surface area contributed by atoms with Crippen LogP contribution in [0.5, 0.6) is 0 Å². The molecule has 146 valence electrons. The number of piperidine rings is 1. The number of likely N-dealkylation sites (tertiary alicyclic amines) is 1. The van der Waals surface area contributed by atoms with Gasteiger partial charge in [-0.1, -0.05) is 5.16 Å². The summed E-state index contributed by atoms with van der Waals surface area (Å²) >= 11 is 0. The molecule has 1 aromatic rings. The number of rotatable bonds is 5. The second-order valence-electron chi connectivity index (χ2n) is 8.03. The molecule has 7 heteroatoms. The zero-order valence-corrected chi connectivity index (χ0v) is 16.6. The molecular formula is C19H31N3O4. The molecule has 1 saturated heterocycles. The fourth-order valence-corrected chi connectivity index (χ4v) is 3.25. The fraction of sp³-hybridized carbons (Fsp3) is 0.737. The van der Waals surface area contributed by atoms with Gasteiger partial charge in [-0.3, -0.25) is 4.79 Å². The minimum atomic E-state index is -0.503. The van der Waals surface area contributed by atoms with Crippen LogP contribution < -0.4 is 5.32 Å². The summed E-state index contributed by atoms with van der Waals surface area (Å²) in [5.41, 5.74) is 1.38. The number of hydrogen-bond acceptors (Lipinski definition) is 5. The van der Waals surface area contributed by atoms with Gasteiger partial charge >= 0.3 is 6.09 Å². The Labute approximate surface area is 155 Å². The molecule has 1 aliphatic heterocycles. The van der Waals surface area contributed by atoms with E-state index in [1.54, 1.807) is 0 Å². The molecule has 0 aliphatic carbocycles. The molecule has 26 heavy (non-hydrogen) atoms. The molecule has 1 aromatic heterocycles. The summed E-state index contributed by atoms with van der Waals surface area (Å²) in [7, 11) is 0. The Bertz CT molecular complexity index is 614. The van der Waals surface area contributed by atoms with E-state index in [1.807, 2.05) is 39.5 Å². The van der Waals surface area contributed by atoms with E-state index in [-0.39, 0.29) is 11.8 Å². The van der Waals surface area contributed by atoms with Crippen molar-refractivity contribution in [2.45, 2.75) is 65.9 Å². The molecule has 0 spiro atoms. The zero-order chi connectivity index (χ0) is 19.3. The van der Waals surface area contributed by atoms with Crippen molar-refractivity contribution in [3.63, 3.8) is 0 Å². The van der Waals surface area contributed by atoms with Crippen LogP contribution in [0.2, 0.25) is 0 Å². The Balaban J connectivity index is 1.78. The average Bonchev–Trinajstić information content (AvgIpc) is 2.88. The third-order valence-corrected chi connectivity index (χ3v) is 4.58. The Hall–Kier alpha value is -2.05. The smallest absolute Gasteiger partial charge is 0.407 e. The number of carbonyl (C=O) groups excluding carboxylic acids is 2. The van der Waals surface area contributed by atoms with Crippen molar-refractivity contribution in [3.05, 3.63) is 17.0 Å². The van der Waals surface area contributed by atoms with Crippen LogP contribution in [0.3, 0.4) is 0 Å². The number of carbonyl (C=O) groups is 2. The topological polar surface area (TPSA) is 84.7 Å². The molecule has 1 unspecified atom stereocenters. The van der Waals surface area contributed by atoms with Crippen molar-refractivity contribution >= 4 is 12.0 Å². The fourth-order valence-electron chi connectivity index (χ4n) is 3.25. The standard InChI is InChI=1S/C19H31N3O4/c1-13-16(14(2)26-21-13)8-9-17(23)22-10-6-7-15(12-22)11-20-18(24)25-19(3,4)5/h15H,6-12H2,1-5H3,(H,20,24). The lowest BCUT2D eigenvalue weighted by molar-refractivity contribution is -0.132. The van der Waals surface area contributed by atoms with E-state index in [1.165, 1.54) is 0 Å². The van der Waals surface area contributed by atoms with E-state index in [0.29, 0.717) is 25.9 Å². The Morgan fingerprint density at radius 1 is 1.35 bits per heavy atom. The summed E-state index contributed by atoms with van der Waals surface area (Å²) in [5, 5.41) is 6.75. The van der Waals surface area contributed by atoms with E-state index in [0.717, 1.165) is 36.4 Å². The zero-order valence-electron chi connectivity index (χ0n) is 16.6. The molecule has 0 radical (unpaired) electrons. The maximum Gasteiger partial charge on any atom is 0.407 e. The lowest BCUT2D eigenvalue weighted by Gasteiger charge is -2.33. The second-order valence-corrected chi connectivity index (χ2v) is 8.03. The number of aromatic nitrogens is 1. The summed E-state index contributed by atoms with van der Waals surface area (Å²) in [6.07, 6.45) is 2.66. The van der Waals surface area contributed by atoms with Crippen LogP contribution >= 0.6 is 0 Å². The van der Waals surface area contributed by atoms with Crippen molar-refractivity contribution in [2.24, 2.45) is 5.92 Å². The summed E-state index contributed by atoms with van der Waals surface area (Å²) in [5.74, 6) is 1.19. The van der Waals surface area contributed by atoms with E-state index >= 15 is 0 Å². The van der Waals surface area contributed by atoms with Gasteiger partial charge in [0.05, 0.1) is 5.69 Å². The van der Waals surface area contributed by atoms with Crippen LogP contribution in [0.25, 0.3) is 0 Å². The first kappa shape index (κ1) is 20.3. The highest BCUT2D eigenvalue weighted by atomic mass is 16.6. The molecule has 0 bridgehead atoms. The monoisotopic (exact) mass is 365 g/mol. The first-order valence-electron chi connectivity index (χ1n) is 9.32. The van der Waals surface area contributed by atoms with Crippen LogP contribution in [-0.4, -0.2) is 47.3 Å². The number of amides is 2. The molecule has 2 amide bonds. The SMILES string of the molecule is Cc1noc(C)c1CCC(=O)N1CCCC(CNC(=O)OC(C)(C)C)C1. The molecular weight excluding hydrogens is 334 g/mol. The molecule has 7 nitrogen and oxygen atoms in total. The summed E-state index contributed by atoms with van der Waals surface area (Å²) in [6.45, 7) is 11.3. The molecule has 2 rings (SSSR count). The average molecular weight is 365 g/mol. The van der Waals surface area contributed by atoms with Crippen LogP contribution in [0.1, 0.15) is 57.1 Å². The quantitative estimate of drug-likeness (QED) is 0.867. The lowest BCUT2D eigenvalue weighted by Crippen LogP contribution is -2.44. The summed E-state index contributed by atoms with van der Waals surface area (Å²) in [6, 6.07) is 0. The number of ether oxygens (including phenoxy) is 1. The maximum absolute atomic E-state index is 12.6. The van der Waals surface area contributed by atoms with Crippen molar-refractivity contribution in [2.75, 3.05) is 19.6 Å². The molecule has 1 aliphatic rings. The predicted octanol–water partition coefficient (Wildman–Crippen LogP) is 2.99. The van der Waals surface area contributed by atoms with E-state index in [2.05, 4.69) is 10.5 Å². The minimum Gasteiger partial charge on any atom is -0.444 e. The van der Waals surface area contributed by atoms with Gasteiger partial charge in [0, 0.05) is 31.6 Å². The van der Waals surface area contributed by atoms with Gasteiger partial charge in [-0.2, -0.15) is 0 Å². The molecule has 0 aromatic carbocycles. The molecule has 1 atom stereocenters. The number of nitrogens with one attached hydrogen (secondary N) is 1. The van der Waals surface area contributed by atoms with E-state index < -0.39 is 11.7 Å². The molecule has 0 saturated carbocycles. The number of aryl methyl sites for hydroxylation is 2. The van der Waals surface area contributed by atoms with Crippen LogP contribution in [0.15, 0.2) is 4.52 Å². The van der Waals surface area contributed by atoms with Gasteiger partial charge in [-0.05, 0) is 59.8 Å². The summed E-state index contributed by atoms with van der Waals surface area (Å²) in [4.78, 5) is 26.2. The normalized spacial score (nSPS) is 17.9. The lowest BCUT2D eigenvalue weighted by atomic mass is 9.97. The maximum atomic E-state index is 12.6. The van der Waals surface area contributed by atoms with Crippen molar-refractivity contribution in [1.82, 2.24) is 15.4 Å². The second kappa shape index (κ2) is 8.56. The third-order valence-electron chi connectivity index (χ3n) is 4.58. The Morgan fingerprint density at radius 2 is 2.08 bits per heavy atom. The van der Waals surface area contributed by atoms with E-state index in [9.17, 15) is 9.59 Å². The highest BCUT2D eigenvalue weighted by Gasteiger charge is 2.25. The van der Waals surface area contributed by atoms with Gasteiger partial charge in [0.2, 0.25) is 5.91 Å². The van der Waals surface area contributed by atoms with Gasteiger partial charge in [-0.25, -0.2) is 4.79 Å². The minimum absolute atomic E-state index is 0.145. The van der Waals surface area contributed by atoms with Gasteiger partial charge in [0.15, 0.2) is 0 Å². The van der Waals surface area contributed by atoms with Crippen molar-refractivity contribution in [1.29, 1.82) is 0 Å². The highest BCUT2D eigenvalue weighted by molar-refractivity contribution is 5.76. The largest absolute Gasteiger partial charge is 0.444 e. The third kappa shape index (κ3) is 6.04. The van der Waals surface area contributed by atoms with Crippen molar-refractivity contribution < 1.29 is 18.8 Å². The van der Waals surface area contributed by atoms with Gasteiger partial charge in [0.25, 0.3) is 0 Å². The van der Waals surface area contributed by atoms with Gasteiger partial charge in [0.1, 0.15) is 11.4 Å².